The third-order valence-electron chi connectivity index (χ3n) is 2.94. The monoisotopic (exact) mass is 286 g/mol. The van der Waals surface area contributed by atoms with E-state index in [-0.39, 0.29) is 12.4 Å². The highest BCUT2D eigenvalue weighted by Gasteiger charge is 2.65. The molecule has 0 unspecified atom stereocenters. The smallest absolute Gasteiger partial charge is 0.355 e. The Morgan fingerprint density at radius 2 is 1.90 bits per heavy atom. The van der Waals surface area contributed by atoms with Crippen LogP contribution in [0, 0.1) is 0 Å². The molecule has 0 spiro atoms. The normalized spacial score (nSPS) is 23.1. The van der Waals surface area contributed by atoms with Gasteiger partial charge in [-0.25, -0.2) is 4.99 Å². The van der Waals surface area contributed by atoms with E-state index >= 15 is 0 Å². The van der Waals surface area contributed by atoms with Crippen molar-refractivity contribution in [2.24, 2.45) is 4.99 Å². The van der Waals surface area contributed by atoms with Crippen LogP contribution in [0.3, 0.4) is 0 Å². The lowest BCUT2D eigenvalue weighted by atomic mass is 10.2. The highest BCUT2D eigenvalue weighted by molar-refractivity contribution is 6.14. The molecule has 1 aliphatic heterocycles. The van der Waals surface area contributed by atoms with E-state index in [9.17, 15) is 23.1 Å². The number of amides is 1. The average Bonchev–Trinajstić information content (AvgIpc) is 2.66. The van der Waals surface area contributed by atoms with E-state index in [4.69, 9.17) is 0 Å². The van der Waals surface area contributed by atoms with Gasteiger partial charge in [0, 0.05) is 12.1 Å². The predicted molar refractivity (Wildman–Crippen MR) is 66.0 cm³/mol. The number of carbonyl (C=O) groups excluding carboxylic acids is 1. The summed E-state index contributed by atoms with van der Waals surface area (Å²) in [5.74, 6) is -1.61. The minimum absolute atomic E-state index is 0.0605. The molecule has 0 aromatic heterocycles. The maximum absolute atomic E-state index is 12.9. The number of alkyl halides is 3. The number of nitrogens with zero attached hydrogens (tertiary/aromatic N) is 2. The minimum Gasteiger partial charge on any atom is -0.355 e. The fourth-order valence-electron chi connectivity index (χ4n) is 1.97. The fourth-order valence-corrected chi connectivity index (χ4v) is 1.97. The first-order valence-electron chi connectivity index (χ1n) is 6.07. The number of hydrogen-bond acceptors (Lipinski definition) is 3. The summed E-state index contributed by atoms with van der Waals surface area (Å²) < 4.78 is 38.7. The molecule has 108 valence electrons. The van der Waals surface area contributed by atoms with E-state index in [1.54, 1.807) is 25.1 Å². The molecule has 1 atom stereocenters. The Bertz CT molecular complexity index is 542. The van der Waals surface area contributed by atoms with E-state index in [1.807, 2.05) is 0 Å². The number of amidine groups is 1. The molecule has 0 bridgehead atoms. The summed E-state index contributed by atoms with van der Waals surface area (Å²) in [5.41, 5.74) is -3.33. The van der Waals surface area contributed by atoms with E-state index in [1.165, 1.54) is 12.1 Å². The van der Waals surface area contributed by atoms with Crippen LogP contribution in [0.25, 0.3) is 0 Å². The number of rotatable bonds is 3. The SMILES string of the molecule is CCCN1C(=O)[C@@](O)(C(F)(F)F)N=C1c1ccccc1. The van der Waals surface area contributed by atoms with Gasteiger partial charge in [-0.3, -0.25) is 9.69 Å². The topological polar surface area (TPSA) is 52.9 Å². The van der Waals surface area contributed by atoms with Gasteiger partial charge in [0.05, 0.1) is 0 Å². The first kappa shape index (κ1) is 14.5. The van der Waals surface area contributed by atoms with Crippen LogP contribution >= 0.6 is 0 Å². The number of aliphatic hydroxyl groups is 1. The second kappa shape index (κ2) is 4.90. The molecule has 7 heteroatoms. The molecule has 1 heterocycles. The van der Waals surface area contributed by atoms with Crippen LogP contribution in [0.1, 0.15) is 18.9 Å². The highest BCUT2D eigenvalue weighted by atomic mass is 19.4. The lowest BCUT2D eigenvalue weighted by Crippen LogP contribution is -2.52. The van der Waals surface area contributed by atoms with Gasteiger partial charge in [0.1, 0.15) is 5.84 Å². The van der Waals surface area contributed by atoms with Gasteiger partial charge in [0.25, 0.3) is 5.91 Å². The molecule has 0 saturated heterocycles. The number of carbonyl (C=O) groups is 1. The van der Waals surface area contributed by atoms with Crippen molar-refractivity contribution in [3.05, 3.63) is 35.9 Å². The molecule has 1 aliphatic rings. The molecule has 20 heavy (non-hydrogen) atoms. The zero-order valence-electron chi connectivity index (χ0n) is 10.7. The Balaban J connectivity index is 2.52. The molecular weight excluding hydrogens is 273 g/mol. The van der Waals surface area contributed by atoms with E-state index < -0.39 is 17.8 Å². The first-order valence-corrected chi connectivity index (χ1v) is 6.07. The fraction of sp³-hybridized carbons (Fsp3) is 0.385. The molecule has 1 aromatic carbocycles. The molecule has 0 saturated carbocycles. The zero-order valence-corrected chi connectivity index (χ0v) is 10.7. The second-order valence-electron chi connectivity index (χ2n) is 4.43. The Labute approximate surface area is 113 Å². The van der Waals surface area contributed by atoms with Crippen molar-refractivity contribution in [2.45, 2.75) is 25.2 Å². The van der Waals surface area contributed by atoms with Crippen molar-refractivity contribution in [3.8, 4) is 0 Å². The molecule has 1 amide bonds. The molecule has 2 rings (SSSR count). The summed E-state index contributed by atoms with van der Waals surface area (Å²) in [6.07, 6.45) is -4.70. The van der Waals surface area contributed by atoms with Crippen LogP contribution in [-0.2, 0) is 4.79 Å². The first-order chi connectivity index (χ1) is 9.31. The maximum atomic E-state index is 12.9. The Hall–Kier alpha value is -1.89. The number of halogens is 3. The molecular formula is C13H13F3N2O2. The quantitative estimate of drug-likeness (QED) is 0.923. The van der Waals surface area contributed by atoms with E-state index in [0.29, 0.717) is 12.0 Å². The highest BCUT2D eigenvalue weighted by Crippen LogP contribution is 2.38. The third kappa shape index (κ3) is 2.18. The van der Waals surface area contributed by atoms with Crippen LogP contribution < -0.4 is 0 Å². The molecule has 0 radical (unpaired) electrons. The van der Waals surface area contributed by atoms with Crippen LogP contribution in [0.15, 0.2) is 35.3 Å². The number of benzene rings is 1. The minimum atomic E-state index is -5.15. The van der Waals surface area contributed by atoms with Gasteiger partial charge in [-0.05, 0) is 6.42 Å². The Kier molecular flexibility index (Phi) is 3.56. The van der Waals surface area contributed by atoms with Gasteiger partial charge in [0.15, 0.2) is 0 Å². The lowest BCUT2D eigenvalue weighted by molar-refractivity contribution is -0.248. The Morgan fingerprint density at radius 3 is 2.40 bits per heavy atom. The second-order valence-corrected chi connectivity index (χ2v) is 4.43. The Morgan fingerprint density at radius 1 is 1.30 bits per heavy atom. The molecule has 1 aromatic rings. The van der Waals surface area contributed by atoms with Crippen LogP contribution in [-0.4, -0.2) is 40.2 Å². The lowest BCUT2D eigenvalue weighted by Gasteiger charge is -2.23. The van der Waals surface area contributed by atoms with Gasteiger partial charge in [-0.1, -0.05) is 37.3 Å². The molecule has 0 aliphatic carbocycles. The van der Waals surface area contributed by atoms with Gasteiger partial charge in [-0.15, -0.1) is 0 Å². The summed E-state index contributed by atoms with van der Waals surface area (Å²) in [5, 5.41) is 9.62. The summed E-state index contributed by atoms with van der Waals surface area (Å²) in [6.45, 7) is 1.78. The molecule has 1 N–H and O–H groups in total. The summed E-state index contributed by atoms with van der Waals surface area (Å²) in [4.78, 5) is 16.0. The standard InChI is InChI=1S/C13H13F3N2O2/c1-2-8-18-10(9-6-4-3-5-7-9)17-12(20,11(18)19)13(14,15)16/h3-7,20H,2,8H2,1H3/t12-/m1/s1. The molecule has 4 nitrogen and oxygen atoms in total. The average molecular weight is 286 g/mol. The molecule has 0 fully saturated rings. The van der Waals surface area contributed by atoms with Crippen molar-refractivity contribution in [3.63, 3.8) is 0 Å². The number of aliphatic imine (C=N–C) groups is 1. The maximum Gasteiger partial charge on any atom is 0.448 e. The zero-order chi connectivity index (χ0) is 15.0. The van der Waals surface area contributed by atoms with E-state index in [2.05, 4.69) is 4.99 Å². The van der Waals surface area contributed by atoms with Crippen molar-refractivity contribution in [1.82, 2.24) is 4.90 Å². The van der Waals surface area contributed by atoms with Crippen molar-refractivity contribution in [1.29, 1.82) is 0 Å². The number of hydrogen-bond donors (Lipinski definition) is 1. The van der Waals surface area contributed by atoms with Crippen LogP contribution in [0.4, 0.5) is 13.2 Å². The van der Waals surface area contributed by atoms with Crippen LogP contribution in [0.5, 0.6) is 0 Å². The summed E-state index contributed by atoms with van der Waals surface area (Å²) in [6, 6.07) is 8.02. The van der Waals surface area contributed by atoms with Crippen LogP contribution in [0.2, 0.25) is 0 Å². The largest absolute Gasteiger partial charge is 0.448 e. The summed E-state index contributed by atoms with van der Waals surface area (Å²) >= 11 is 0. The summed E-state index contributed by atoms with van der Waals surface area (Å²) in [7, 11) is 0. The van der Waals surface area contributed by atoms with Gasteiger partial charge in [0.2, 0.25) is 0 Å². The van der Waals surface area contributed by atoms with Gasteiger partial charge >= 0.3 is 11.9 Å². The van der Waals surface area contributed by atoms with Gasteiger partial charge in [-0.2, -0.15) is 13.2 Å². The van der Waals surface area contributed by atoms with Gasteiger partial charge < -0.3 is 5.11 Å². The third-order valence-corrected chi connectivity index (χ3v) is 2.94. The van der Waals surface area contributed by atoms with Crippen molar-refractivity contribution in [2.75, 3.05) is 6.54 Å². The predicted octanol–water partition coefficient (Wildman–Crippen LogP) is 1.94. The van der Waals surface area contributed by atoms with Crippen molar-refractivity contribution < 1.29 is 23.1 Å². The van der Waals surface area contributed by atoms with E-state index in [0.717, 1.165) is 4.90 Å². The van der Waals surface area contributed by atoms with Crippen molar-refractivity contribution >= 4 is 11.7 Å².